The van der Waals surface area contributed by atoms with E-state index in [1.54, 1.807) is 34.6 Å². The van der Waals surface area contributed by atoms with Crippen molar-refractivity contribution in [1.29, 1.82) is 0 Å². The van der Waals surface area contributed by atoms with Gasteiger partial charge in [0.25, 0.3) is 5.69 Å². The van der Waals surface area contributed by atoms with Gasteiger partial charge in [-0.3, -0.25) is 19.9 Å². The molecule has 2 unspecified atom stereocenters. The van der Waals surface area contributed by atoms with Crippen molar-refractivity contribution in [1.82, 2.24) is 0 Å². The molecule has 0 saturated heterocycles. The average Bonchev–Trinajstić information content (AvgIpc) is 2.78. The molecule has 10 nitrogen and oxygen atoms in total. The van der Waals surface area contributed by atoms with E-state index in [1.165, 1.54) is 18.2 Å². The van der Waals surface area contributed by atoms with Crippen LogP contribution in [0.4, 0.5) is 5.69 Å². The molecule has 1 heterocycles. The monoisotopic (exact) mass is 496 g/mol. The maximum atomic E-state index is 13.3. The zero-order valence-electron chi connectivity index (χ0n) is 19.8. The van der Waals surface area contributed by atoms with Gasteiger partial charge in [0.2, 0.25) is 6.29 Å². The minimum Gasteiger partial charge on any atom is -0.465 e. The highest BCUT2D eigenvalue weighted by molar-refractivity contribution is 6.31. The van der Waals surface area contributed by atoms with Gasteiger partial charge in [-0.1, -0.05) is 11.6 Å². The topological polar surface area (TPSA) is 127 Å². The van der Waals surface area contributed by atoms with Gasteiger partial charge < -0.3 is 18.9 Å². The number of hydrogen-bond donors (Lipinski definition) is 0. The van der Waals surface area contributed by atoms with Crippen molar-refractivity contribution in [2.45, 2.75) is 46.8 Å². The molecule has 34 heavy (non-hydrogen) atoms. The first-order chi connectivity index (χ1) is 16.2. The fourth-order valence-corrected chi connectivity index (χ4v) is 4.01. The summed E-state index contributed by atoms with van der Waals surface area (Å²) in [4.78, 5) is 41.8. The zero-order chi connectivity index (χ0) is 25.4. The molecule has 0 bridgehead atoms. The van der Waals surface area contributed by atoms with Crippen molar-refractivity contribution in [2.75, 3.05) is 26.4 Å². The van der Waals surface area contributed by atoms with Crippen LogP contribution in [-0.4, -0.2) is 55.3 Å². The van der Waals surface area contributed by atoms with Crippen LogP contribution in [0.3, 0.4) is 0 Å². The Labute approximate surface area is 203 Å². The van der Waals surface area contributed by atoms with E-state index in [0.717, 1.165) is 0 Å². The van der Waals surface area contributed by atoms with Gasteiger partial charge in [0.05, 0.1) is 23.7 Å². The van der Waals surface area contributed by atoms with E-state index in [2.05, 4.69) is 4.99 Å². The Balaban J connectivity index is 2.91. The SMILES string of the molecule is CCOC(=O)C1=C(C(OCC)OCC)N=C(C)C(C(=O)OCC)C1c1cc([N+](=O)[O-])ccc1Cl. The number of halogens is 1. The van der Waals surface area contributed by atoms with Gasteiger partial charge in [-0.05, 0) is 46.2 Å². The van der Waals surface area contributed by atoms with E-state index in [-0.39, 0.29) is 54.0 Å². The first kappa shape index (κ1) is 27.4. The summed E-state index contributed by atoms with van der Waals surface area (Å²) in [5, 5.41) is 11.6. The number of ether oxygens (including phenoxy) is 4. The molecule has 0 radical (unpaired) electrons. The Morgan fingerprint density at radius 2 is 1.71 bits per heavy atom. The van der Waals surface area contributed by atoms with Gasteiger partial charge in [0.15, 0.2) is 0 Å². The van der Waals surface area contributed by atoms with E-state index < -0.39 is 35.0 Å². The molecular formula is C23H29ClN2O8. The molecule has 0 aliphatic carbocycles. The maximum absolute atomic E-state index is 13.3. The normalized spacial score (nSPS) is 18.0. The van der Waals surface area contributed by atoms with E-state index >= 15 is 0 Å². The maximum Gasteiger partial charge on any atom is 0.336 e. The summed E-state index contributed by atoms with van der Waals surface area (Å²) >= 11 is 6.47. The number of nitro groups is 1. The minimum atomic E-state index is -1.08. The number of carbonyl (C=O) groups excluding carboxylic acids is 2. The lowest BCUT2D eigenvalue weighted by atomic mass is 9.75. The molecule has 0 fully saturated rings. The molecule has 1 aliphatic rings. The van der Waals surface area contributed by atoms with Crippen LogP contribution in [0.1, 0.15) is 46.1 Å². The highest BCUT2D eigenvalue weighted by Crippen LogP contribution is 2.44. The molecule has 1 aliphatic heterocycles. The zero-order valence-corrected chi connectivity index (χ0v) is 20.6. The Morgan fingerprint density at radius 1 is 1.09 bits per heavy atom. The van der Waals surface area contributed by atoms with Gasteiger partial charge in [-0.15, -0.1) is 0 Å². The number of nitrogens with zero attached hydrogens (tertiary/aromatic N) is 2. The van der Waals surface area contributed by atoms with Gasteiger partial charge >= 0.3 is 11.9 Å². The highest BCUT2D eigenvalue weighted by Gasteiger charge is 2.46. The first-order valence-electron chi connectivity index (χ1n) is 11.0. The van der Waals surface area contributed by atoms with Crippen LogP contribution >= 0.6 is 11.6 Å². The molecule has 1 aromatic carbocycles. The Hall–Kier alpha value is -2.82. The third-order valence-corrected chi connectivity index (χ3v) is 5.43. The third-order valence-electron chi connectivity index (χ3n) is 5.09. The molecule has 0 aromatic heterocycles. The number of rotatable bonds is 11. The lowest BCUT2D eigenvalue weighted by molar-refractivity contribution is -0.384. The van der Waals surface area contributed by atoms with Crippen molar-refractivity contribution >= 4 is 34.9 Å². The summed E-state index contributed by atoms with van der Waals surface area (Å²) in [5.74, 6) is -3.57. The molecule has 2 rings (SSSR count). The van der Waals surface area contributed by atoms with Crippen molar-refractivity contribution in [3.8, 4) is 0 Å². The number of non-ortho nitro benzene ring substituents is 1. The second-order valence-corrected chi connectivity index (χ2v) is 7.59. The summed E-state index contributed by atoms with van der Waals surface area (Å²) in [6.07, 6.45) is -1.03. The predicted molar refractivity (Wildman–Crippen MR) is 125 cm³/mol. The van der Waals surface area contributed by atoms with Crippen LogP contribution in [0.5, 0.6) is 0 Å². The first-order valence-corrected chi connectivity index (χ1v) is 11.4. The summed E-state index contributed by atoms with van der Waals surface area (Å²) in [6.45, 7) is 9.04. The van der Waals surface area contributed by atoms with Crippen molar-refractivity contribution in [2.24, 2.45) is 10.9 Å². The fourth-order valence-electron chi connectivity index (χ4n) is 3.77. The molecule has 0 N–H and O–H groups in total. The number of hydrogen-bond acceptors (Lipinski definition) is 9. The van der Waals surface area contributed by atoms with Crippen LogP contribution in [0, 0.1) is 16.0 Å². The van der Waals surface area contributed by atoms with Crippen LogP contribution in [0.25, 0.3) is 0 Å². The van der Waals surface area contributed by atoms with Gasteiger partial charge in [0, 0.05) is 42.0 Å². The van der Waals surface area contributed by atoms with Gasteiger partial charge in [-0.25, -0.2) is 4.79 Å². The number of benzene rings is 1. The summed E-state index contributed by atoms with van der Waals surface area (Å²) < 4.78 is 22.0. The molecule has 0 spiro atoms. The summed E-state index contributed by atoms with van der Waals surface area (Å²) in [5.41, 5.74) is 0.347. The lowest BCUT2D eigenvalue weighted by Gasteiger charge is -2.34. The van der Waals surface area contributed by atoms with Crippen LogP contribution < -0.4 is 0 Å². The predicted octanol–water partition coefficient (Wildman–Crippen LogP) is 4.20. The molecule has 2 atom stereocenters. The lowest BCUT2D eigenvalue weighted by Crippen LogP contribution is -2.39. The number of esters is 2. The van der Waals surface area contributed by atoms with Crippen LogP contribution in [-0.2, 0) is 28.5 Å². The quantitative estimate of drug-likeness (QED) is 0.193. The van der Waals surface area contributed by atoms with Crippen molar-refractivity contribution in [3.63, 3.8) is 0 Å². The van der Waals surface area contributed by atoms with Crippen LogP contribution in [0.15, 0.2) is 34.5 Å². The minimum absolute atomic E-state index is 0.0280. The van der Waals surface area contributed by atoms with E-state index in [1.807, 2.05) is 0 Å². The molecule has 0 amide bonds. The number of aliphatic imine (C=N–C) groups is 1. The fraction of sp³-hybridized carbons (Fsp3) is 0.522. The second kappa shape index (κ2) is 12.6. The smallest absolute Gasteiger partial charge is 0.336 e. The molecule has 1 aromatic rings. The van der Waals surface area contributed by atoms with E-state index in [9.17, 15) is 19.7 Å². The molecule has 186 valence electrons. The van der Waals surface area contributed by atoms with Gasteiger partial charge in [-0.2, -0.15) is 0 Å². The molecule has 11 heteroatoms. The Bertz CT molecular complexity index is 985. The van der Waals surface area contributed by atoms with Crippen molar-refractivity contribution in [3.05, 3.63) is 50.2 Å². The van der Waals surface area contributed by atoms with E-state index in [4.69, 9.17) is 30.5 Å². The summed E-state index contributed by atoms with van der Waals surface area (Å²) in [6, 6.07) is 3.83. The van der Waals surface area contributed by atoms with Crippen molar-refractivity contribution < 1.29 is 33.5 Å². The standard InChI is InChI=1S/C23H29ClN2O8/c1-6-31-21(27)17-13(5)25-20(23(33-8-3)34-9-4)19(22(28)32-7-2)18(17)15-12-14(26(29)30)10-11-16(15)24/h10-12,17-18,23H,6-9H2,1-5H3. The van der Waals surface area contributed by atoms with Gasteiger partial charge in [0.1, 0.15) is 11.6 Å². The largest absolute Gasteiger partial charge is 0.465 e. The van der Waals surface area contributed by atoms with Crippen LogP contribution in [0.2, 0.25) is 5.02 Å². The second-order valence-electron chi connectivity index (χ2n) is 7.19. The summed E-state index contributed by atoms with van der Waals surface area (Å²) in [7, 11) is 0. The molecular weight excluding hydrogens is 468 g/mol. The number of nitro benzene ring substituents is 1. The van der Waals surface area contributed by atoms with E-state index in [0.29, 0.717) is 5.71 Å². The average molecular weight is 497 g/mol. The number of carbonyl (C=O) groups is 2. The molecule has 0 saturated carbocycles. The highest BCUT2D eigenvalue weighted by atomic mass is 35.5. The Morgan fingerprint density at radius 3 is 2.24 bits per heavy atom. The Kier molecular flexibility index (Phi) is 10.2. The third kappa shape index (κ3) is 5.99.